The highest BCUT2D eigenvalue weighted by atomic mass is 79.9. The van der Waals surface area contributed by atoms with E-state index >= 15 is 0 Å². The fraction of sp³-hybridized carbons (Fsp3) is 0.300. The molecule has 2 aromatic heterocycles. The van der Waals surface area contributed by atoms with Crippen LogP contribution >= 0.6 is 43.2 Å². The number of hydrogen-bond acceptors (Lipinski definition) is 4. The van der Waals surface area contributed by atoms with Gasteiger partial charge >= 0.3 is 0 Å². The molecule has 0 aliphatic rings. The standard InChI is InChI=1S/C10H10Br2N2OS/c1-6-3-14-9(15-6)5-13-4-7-2-8(11)10(12)16-7/h2-3,13H,4-5H2,1H3. The molecule has 3 nitrogen and oxygen atoms in total. The highest BCUT2D eigenvalue weighted by Gasteiger charge is 2.04. The lowest BCUT2D eigenvalue weighted by atomic mass is 10.4. The van der Waals surface area contributed by atoms with Gasteiger partial charge < -0.3 is 9.73 Å². The van der Waals surface area contributed by atoms with Crippen molar-refractivity contribution < 1.29 is 4.42 Å². The second kappa shape index (κ2) is 5.44. The molecular weight excluding hydrogens is 356 g/mol. The summed E-state index contributed by atoms with van der Waals surface area (Å²) in [4.78, 5) is 5.39. The van der Waals surface area contributed by atoms with Crippen molar-refractivity contribution in [2.45, 2.75) is 20.0 Å². The van der Waals surface area contributed by atoms with Crippen LogP contribution in [0.25, 0.3) is 0 Å². The molecule has 0 saturated carbocycles. The van der Waals surface area contributed by atoms with E-state index in [1.807, 2.05) is 6.92 Å². The SMILES string of the molecule is Cc1cnc(CNCc2cc(Br)c(Br)s2)o1. The third kappa shape index (κ3) is 3.16. The minimum Gasteiger partial charge on any atom is -0.445 e. The lowest BCUT2D eigenvalue weighted by molar-refractivity contribution is 0.449. The van der Waals surface area contributed by atoms with Crippen LogP contribution < -0.4 is 5.32 Å². The second-order valence-corrected chi connectivity index (χ2v) is 6.61. The van der Waals surface area contributed by atoms with Crippen molar-refractivity contribution in [3.63, 3.8) is 0 Å². The van der Waals surface area contributed by atoms with Crippen LogP contribution in [-0.2, 0) is 13.1 Å². The largest absolute Gasteiger partial charge is 0.445 e. The monoisotopic (exact) mass is 364 g/mol. The zero-order valence-electron chi connectivity index (χ0n) is 8.59. The quantitative estimate of drug-likeness (QED) is 0.893. The van der Waals surface area contributed by atoms with E-state index in [2.05, 4.69) is 48.2 Å². The van der Waals surface area contributed by atoms with E-state index in [1.165, 1.54) is 4.88 Å². The molecule has 2 aromatic rings. The molecule has 0 amide bonds. The van der Waals surface area contributed by atoms with E-state index in [4.69, 9.17) is 4.42 Å². The third-order valence-corrected chi connectivity index (χ3v) is 5.20. The van der Waals surface area contributed by atoms with Gasteiger partial charge in [-0.05, 0) is 44.8 Å². The molecule has 0 aliphatic carbocycles. The Hall–Kier alpha value is -0.170. The number of nitrogens with one attached hydrogen (secondary N) is 1. The van der Waals surface area contributed by atoms with E-state index in [9.17, 15) is 0 Å². The van der Waals surface area contributed by atoms with Gasteiger partial charge in [0.15, 0.2) is 0 Å². The first-order valence-electron chi connectivity index (χ1n) is 4.71. The van der Waals surface area contributed by atoms with E-state index in [0.717, 1.165) is 26.5 Å². The smallest absolute Gasteiger partial charge is 0.208 e. The van der Waals surface area contributed by atoms with Gasteiger partial charge in [0, 0.05) is 15.9 Å². The van der Waals surface area contributed by atoms with E-state index in [0.29, 0.717) is 6.54 Å². The summed E-state index contributed by atoms with van der Waals surface area (Å²) >= 11 is 8.64. The highest BCUT2D eigenvalue weighted by Crippen LogP contribution is 2.32. The normalized spacial score (nSPS) is 10.9. The van der Waals surface area contributed by atoms with Crippen LogP contribution in [0.15, 0.2) is 24.9 Å². The second-order valence-electron chi connectivity index (χ2n) is 3.30. The molecule has 0 fully saturated rings. The average Bonchev–Trinajstić information content (AvgIpc) is 2.75. The molecular formula is C10H10Br2N2OS. The summed E-state index contributed by atoms with van der Waals surface area (Å²) in [6, 6.07) is 2.10. The number of oxazole rings is 1. The first-order valence-corrected chi connectivity index (χ1v) is 7.11. The molecule has 0 unspecified atom stereocenters. The molecule has 0 aromatic carbocycles. The fourth-order valence-corrected chi connectivity index (χ4v) is 3.40. The highest BCUT2D eigenvalue weighted by molar-refractivity contribution is 9.13. The van der Waals surface area contributed by atoms with Gasteiger partial charge in [0.25, 0.3) is 0 Å². The summed E-state index contributed by atoms with van der Waals surface area (Å²) in [5.41, 5.74) is 0. The molecule has 0 radical (unpaired) electrons. The Bertz CT molecular complexity index is 461. The molecule has 2 rings (SSSR count). The van der Waals surface area contributed by atoms with Gasteiger partial charge in [-0.2, -0.15) is 0 Å². The zero-order valence-corrected chi connectivity index (χ0v) is 12.6. The summed E-state index contributed by atoms with van der Waals surface area (Å²) in [6.45, 7) is 3.36. The van der Waals surface area contributed by atoms with Crippen molar-refractivity contribution >= 4 is 43.2 Å². The van der Waals surface area contributed by atoms with Crippen LogP contribution in [0.2, 0.25) is 0 Å². The van der Waals surface area contributed by atoms with Crippen molar-refractivity contribution in [3.8, 4) is 0 Å². The number of aryl methyl sites for hydroxylation is 1. The van der Waals surface area contributed by atoms with Crippen LogP contribution in [-0.4, -0.2) is 4.98 Å². The molecule has 0 bridgehead atoms. The molecule has 86 valence electrons. The molecule has 0 saturated heterocycles. The number of thiophene rings is 1. The molecule has 0 atom stereocenters. The third-order valence-electron chi connectivity index (χ3n) is 1.94. The zero-order chi connectivity index (χ0) is 11.5. The topological polar surface area (TPSA) is 38.1 Å². The lowest BCUT2D eigenvalue weighted by Gasteiger charge is -1.98. The summed E-state index contributed by atoms with van der Waals surface area (Å²) in [7, 11) is 0. The predicted octanol–water partition coefficient (Wildman–Crippen LogP) is 3.86. The summed E-state index contributed by atoms with van der Waals surface area (Å²) in [5, 5.41) is 3.28. The Morgan fingerprint density at radius 3 is 2.81 bits per heavy atom. The van der Waals surface area contributed by atoms with Gasteiger partial charge in [0.05, 0.1) is 16.5 Å². The molecule has 16 heavy (non-hydrogen) atoms. The molecule has 6 heteroatoms. The predicted molar refractivity (Wildman–Crippen MR) is 71.5 cm³/mol. The lowest BCUT2D eigenvalue weighted by Crippen LogP contribution is -2.11. The number of nitrogens with zero attached hydrogens (tertiary/aromatic N) is 1. The summed E-state index contributed by atoms with van der Waals surface area (Å²) in [6.07, 6.45) is 1.73. The Morgan fingerprint density at radius 1 is 1.44 bits per heavy atom. The summed E-state index contributed by atoms with van der Waals surface area (Å²) < 4.78 is 7.58. The molecule has 2 heterocycles. The van der Waals surface area contributed by atoms with E-state index < -0.39 is 0 Å². The first-order chi connectivity index (χ1) is 7.65. The number of halogens is 2. The summed E-state index contributed by atoms with van der Waals surface area (Å²) in [5.74, 6) is 1.57. The van der Waals surface area contributed by atoms with Crippen molar-refractivity contribution in [1.29, 1.82) is 0 Å². The number of rotatable bonds is 4. The minimum absolute atomic E-state index is 0.654. The van der Waals surface area contributed by atoms with Gasteiger partial charge in [0.1, 0.15) is 5.76 Å². The Balaban J connectivity index is 1.84. The van der Waals surface area contributed by atoms with Crippen LogP contribution in [0.3, 0.4) is 0 Å². The maximum atomic E-state index is 5.36. The van der Waals surface area contributed by atoms with Crippen molar-refractivity contribution in [3.05, 3.63) is 37.1 Å². The number of hydrogen-bond donors (Lipinski definition) is 1. The number of aromatic nitrogens is 1. The molecule has 0 aliphatic heterocycles. The fourth-order valence-electron chi connectivity index (χ4n) is 1.25. The van der Waals surface area contributed by atoms with Crippen molar-refractivity contribution in [2.75, 3.05) is 0 Å². The van der Waals surface area contributed by atoms with Crippen LogP contribution in [0.1, 0.15) is 16.5 Å². The maximum Gasteiger partial charge on any atom is 0.208 e. The van der Waals surface area contributed by atoms with Gasteiger partial charge in [0.2, 0.25) is 5.89 Å². The Kier molecular flexibility index (Phi) is 4.18. The van der Waals surface area contributed by atoms with Gasteiger partial charge in [-0.25, -0.2) is 4.98 Å². The van der Waals surface area contributed by atoms with Crippen molar-refractivity contribution in [1.82, 2.24) is 10.3 Å². The first kappa shape index (κ1) is 12.3. The van der Waals surface area contributed by atoms with Gasteiger partial charge in [-0.15, -0.1) is 11.3 Å². The van der Waals surface area contributed by atoms with Crippen molar-refractivity contribution in [2.24, 2.45) is 0 Å². The van der Waals surface area contributed by atoms with Crippen LogP contribution in [0.5, 0.6) is 0 Å². The van der Waals surface area contributed by atoms with E-state index in [1.54, 1.807) is 17.5 Å². The molecule has 1 N–H and O–H groups in total. The minimum atomic E-state index is 0.654. The Morgan fingerprint density at radius 2 is 2.25 bits per heavy atom. The maximum absolute atomic E-state index is 5.36. The average molecular weight is 366 g/mol. The van der Waals surface area contributed by atoms with Gasteiger partial charge in [-0.3, -0.25) is 0 Å². The Labute approximate surface area is 115 Å². The molecule has 0 spiro atoms. The van der Waals surface area contributed by atoms with E-state index in [-0.39, 0.29) is 0 Å². The van der Waals surface area contributed by atoms with Crippen LogP contribution in [0, 0.1) is 6.92 Å². The van der Waals surface area contributed by atoms with Gasteiger partial charge in [-0.1, -0.05) is 0 Å². The van der Waals surface area contributed by atoms with Crippen LogP contribution in [0.4, 0.5) is 0 Å².